The van der Waals surface area contributed by atoms with Crippen LogP contribution in [0.2, 0.25) is 0 Å². The third-order valence-electron chi connectivity index (χ3n) is 4.03. The fourth-order valence-electron chi connectivity index (χ4n) is 2.98. The van der Waals surface area contributed by atoms with Gasteiger partial charge in [-0.2, -0.15) is 0 Å². The number of hydrogen-bond acceptors (Lipinski definition) is 3. The molecule has 1 heterocycles. The van der Waals surface area contributed by atoms with E-state index >= 15 is 0 Å². The molecule has 0 radical (unpaired) electrons. The van der Waals surface area contributed by atoms with Crippen molar-refractivity contribution in [3.05, 3.63) is 58.7 Å². The highest BCUT2D eigenvalue weighted by molar-refractivity contribution is 5.35. The number of aromatic nitrogens is 2. The summed E-state index contributed by atoms with van der Waals surface area (Å²) in [5, 5.41) is 3.43. The first-order chi connectivity index (χ1) is 10.1. The summed E-state index contributed by atoms with van der Waals surface area (Å²) in [6, 6.07) is 11.3. The molecule has 1 aliphatic carbocycles. The predicted octanol–water partition coefficient (Wildman–Crippen LogP) is 3.17. The zero-order valence-electron chi connectivity index (χ0n) is 13.1. The topological polar surface area (TPSA) is 37.8 Å². The Hall–Kier alpha value is -1.74. The Morgan fingerprint density at radius 3 is 2.43 bits per heavy atom. The van der Waals surface area contributed by atoms with Gasteiger partial charge in [0.05, 0.1) is 5.69 Å². The minimum atomic E-state index is 0.431. The van der Waals surface area contributed by atoms with E-state index in [4.69, 9.17) is 4.98 Å². The molecule has 0 amide bonds. The van der Waals surface area contributed by atoms with Crippen molar-refractivity contribution in [3.8, 4) is 0 Å². The molecule has 3 heteroatoms. The lowest BCUT2D eigenvalue weighted by Gasteiger charge is -2.12. The van der Waals surface area contributed by atoms with E-state index in [9.17, 15) is 0 Å². The maximum Gasteiger partial charge on any atom is 0.132 e. The van der Waals surface area contributed by atoms with Crippen molar-refractivity contribution in [1.29, 1.82) is 0 Å². The van der Waals surface area contributed by atoms with Crippen LogP contribution in [0.3, 0.4) is 0 Å². The minimum Gasteiger partial charge on any atom is -0.309 e. The van der Waals surface area contributed by atoms with E-state index in [0.717, 1.165) is 36.6 Å². The molecule has 0 bridgehead atoms. The van der Waals surface area contributed by atoms with Gasteiger partial charge in [-0.15, -0.1) is 0 Å². The van der Waals surface area contributed by atoms with Crippen molar-refractivity contribution in [2.24, 2.45) is 0 Å². The van der Waals surface area contributed by atoms with Gasteiger partial charge in [-0.1, -0.05) is 38.1 Å². The van der Waals surface area contributed by atoms with E-state index in [2.05, 4.69) is 61.4 Å². The van der Waals surface area contributed by atoms with Gasteiger partial charge in [-0.05, 0) is 37.0 Å². The number of nitrogens with one attached hydrogen (secondary N) is 1. The highest BCUT2D eigenvalue weighted by Crippen LogP contribution is 2.32. The van der Waals surface area contributed by atoms with E-state index in [1.54, 1.807) is 0 Å². The van der Waals surface area contributed by atoms with E-state index in [1.165, 1.54) is 11.1 Å². The number of rotatable bonds is 4. The Kier molecular flexibility index (Phi) is 4.02. The molecular formula is C18H23N3. The van der Waals surface area contributed by atoms with Crippen LogP contribution < -0.4 is 5.32 Å². The average molecular weight is 281 g/mol. The molecule has 3 nitrogen and oxygen atoms in total. The van der Waals surface area contributed by atoms with Gasteiger partial charge in [-0.3, -0.25) is 0 Å². The van der Waals surface area contributed by atoms with Crippen LogP contribution in [0.1, 0.15) is 48.1 Å². The van der Waals surface area contributed by atoms with Crippen LogP contribution in [0.5, 0.6) is 0 Å². The predicted molar refractivity (Wildman–Crippen MR) is 85.3 cm³/mol. The summed E-state index contributed by atoms with van der Waals surface area (Å²) in [6.07, 6.45) is 2.13. The first-order valence-corrected chi connectivity index (χ1v) is 7.76. The molecule has 1 aromatic carbocycles. The largest absolute Gasteiger partial charge is 0.309 e. The second-order valence-corrected chi connectivity index (χ2v) is 6.27. The summed E-state index contributed by atoms with van der Waals surface area (Å²) in [7, 11) is 0. The van der Waals surface area contributed by atoms with Crippen LogP contribution in [0, 0.1) is 6.92 Å². The van der Waals surface area contributed by atoms with E-state index in [-0.39, 0.29) is 0 Å². The molecule has 110 valence electrons. The van der Waals surface area contributed by atoms with Crippen molar-refractivity contribution in [2.75, 3.05) is 0 Å². The SMILES string of the molecule is Cc1cc(CNC(C)C)nc(C2Cc3ccccc3C2)n1. The summed E-state index contributed by atoms with van der Waals surface area (Å²) in [5.74, 6) is 1.44. The van der Waals surface area contributed by atoms with Crippen molar-refractivity contribution in [2.45, 2.75) is 52.1 Å². The van der Waals surface area contributed by atoms with Gasteiger partial charge in [0.25, 0.3) is 0 Å². The van der Waals surface area contributed by atoms with Gasteiger partial charge >= 0.3 is 0 Å². The maximum absolute atomic E-state index is 4.80. The Morgan fingerprint density at radius 2 is 1.81 bits per heavy atom. The quantitative estimate of drug-likeness (QED) is 0.935. The molecular weight excluding hydrogens is 258 g/mol. The molecule has 1 N–H and O–H groups in total. The molecule has 0 fully saturated rings. The van der Waals surface area contributed by atoms with Gasteiger partial charge in [0.1, 0.15) is 5.82 Å². The normalized spacial score (nSPS) is 14.7. The Bertz CT molecular complexity index is 609. The summed E-state index contributed by atoms with van der Waals surface area (Å²) < 4.78 is 0. The number of benzene rings is 1. The Morgan fingerprint density at radius 1 is 1.14 bits per heavy atom. The van der Waals surface area contributed by atoms with E-state index in [0.29, 0.717) is 12.0 Å². The van der Waals surface area contributed by atoms with Crippen LogP contribution in [-0.4, -0.2) is 16.0 Å². The van der Waals surface area contributed by atoms with Crippen LogP contribution >= 0.6 is 0 Å². The first kappa shape index (κ1) is 14.2. The molecule has 21 heavy (non-hydrogen) atoms. The second kappa shape index (κ2) is 5.94. The molecule has 0 atom stereocenters. The maximum atomic E-state index is 4.80. The third kappa shape index (κ3) is 3.30. The molecule has 2 aromatic rings. The van der Waals surface area contributed by atoms with Gasteiger partial charge in [0.15, 0.2) is 0 Å². The fourth-order valence-corrected chi connectivity index (χ4v) is 2.98. The second-order valence-electron chi connectivity index (χ2n) is 6.27. The lowest BCUT2D eigenvalue weighted by atomic mass is 10.1. The Balaban J connectivity index is 1.80. The van der Waals surface area contributed by atoms with Crippen LogP contribution in [0.25, 0.3) is 0 Å². The molecule has 3 rings (SSSR count). The first-order valence-electron chi connectivity index (χ1n) is 7.76. The van der Waals surface area contributed by atoms with Crippen LogP contribution in [-0.2, 0) is 19.4 Å². The summed E-state index contributed by atoms with van der Waals surface area (Å²) in [5.41, 5.74) is 5.07. The molecule has 1 aliphatic rings. The Labute approximate surface area is 126 Å². The van der Waals surface area contributed by atoms with E-state index < -0.39 is 0 Å². The molecule has 0 aliphatic heterocycles. The number of fused-ring (bicyclic) bond motifs is 1. The smallest absolute Gasteiger partial charge is 0.132 e. The monoisotopic (exact) mass is 281 g/mol. The lowest BCUT2D eigenvalue weighted by Crippen LogP contribution is -2.23. The van der Waals surface area contributed by atoms with Crippen molar-refractivity contribution in [1.82, 2.24) is 15.3 Å². The minimum absolute atomic E-state index is 0.431. The van der Waals surface area contributed by atoms with Crippen molar-refractivity contribution >= 4 is 0 Å². The molecule has 0 spiro atoms. The molecule has 0 unspecified atom stereocenters. The number of aryl methyl sites for hydroxylation is 1. The standard InChI is InChI=1S/C18H23N3/c1-12(2)19-11-17-8-13(3)20-18(21-17)16-9-14-6-4-5-7-15(14)10-16/h4-8,12,16,19H,9-11H2,1-3H3. The zero-order valence-corrected chi connectivity index (χ0v) is 13.1. The lowest BCUT2D eigenvalue weighted by molar-refractivity contribution is 0.573. The zero-order chi connectivity index (χ0) is 14.8. The van der Waals surface area contributed by atoms with Gasteiger partial charge < -0.3 is 5.32 Å². The van der Waals surface area contributed by atoms with Gasteiger partial charge in [-0.25, -0.2) is 9.97 Å². The molecule has 0 saturated carbocycles. The van der Waals surface area contributed by atoms with Crippen LogP contribution in [0.4, 0.5) is 0 Å². The highest BCUT2D eigenvalue weighted by Gasteiger charge is 2.25. The van der Waals surface area contributed by atoms with Gasteiger partial charge in [0, 0.05) is 24.2 Å². The average Bonchev–Trinajstić information content (AvgIpc) is 2.88. The molecule has 1 aromatic heterocycles. The summed E-state index contributed by atoms with van der Waals surface area (Å²) in [4.78, 5) is 9.48. The van der Waals surface area contributed by atoms with E-state index in [1.807, 2.05) is 0 Å². The third-order valence-corrected chi connectivity index (χ3v) is 4.03. The fraction of sp³-hybridized carbons (Fsp3) is 0.444. The summed E-state index contributed by atoms with van der Waals surface area (Å²) >= 11 is 0. The van der Waals surface area contributed by atoms with Crippen LogP contribution in [0.15, 0.2) is 30.3 Å². The number of nitrogens with zero attached hydrogens (tertiary/aromatic N) is 2. The van der Waals surface area contributed by atoms with Crippen molar-refractivity contribution in [3.63, 3.8) is 0 Å². The van der Waals surface area contributed by atoms with Gasteiger partial charge in [0.2, 0.25) is 0 Å². The van der Waals surface area contributed by atoms with Crippen molar-refractivity contribution < 1.29 is 0 Å². The summed E-state index contributed by atoms with van der Waals surface area (Å²) in [6.45, 7) is 7.19. The highest BCUT2D eigenvalue weighted by atomic mass is 15.0. The molecule has 0 saturated heterocycles. The number of hydrogen-bond donors (Lipinski definition) is 1.